The van der Waals surface area contributed by atoms with Crippen LogP contribution in [-0.2, 0) is 33.6 Å². The van der Waals surface area contributed by atoms with E-state index in [1.54, 1.807) is 19.3 Å². The summed E-state index contributed by atoms with van der Waals surface area (Å²) in [6, 6.07) is 7.56. The van der Waals surface area contributed by atoms with E-state index in [1.807, 2.05) is 25.1 Å². The monoisotopic (exact) mass is 634 g/mol. The zero-order chi connectivity index (χ0) is 33.1. The highest BCUT2D eigenvalue weighted by atomic mass is 19.4. The Bertz CT molecular complexity index is 1760. The number of fused-ring (bicyclic) bond motifs is 3. The van der Waals surface area contributed by atoms with E-state index in [4.69, 9.17) is 0 Å². The number of hydrogen-bond acceptors (Lipinski definition) is 7. The number of amides is 3. The lowest BCUT2D eigenvalue weighted by Gasteiger charge is -2.39. The van der Waals surface area contributed by atoms with E-state index < -0.39 is 41.6 Å². The molecule has 3 amide bonds. The van der Waals surface area contributed by atoms with Crippen LogP contribution in [0.5, 0.6) is 0 Å². The molecule has 0 radical (unpaired) electrons. The van der Waals surface area contributed by atoms with Gasteiger partial charge in [0.2, 0.25) is 17.7 Å². The average Bonchev–Trinajstić information content (AvgIpc) is 3.54. The first-order chi connectivity index (χ1) is 21.8. The van der Waals surface area contributed by atoms with Crippen molar-refractivity contribution in [2.45, 2.75) is 51.6 Å². The number of benzene rings is 1. The van der Waals surface area contributed by atoms with Crippen LogP contribution in [0.4, 0.5) is 30.4 Å². The molecule has 5 heterocycles. The highest BCUT2D eigenvalue weighted by Crippen LogP contribution is 2.42. The van der Waals surface area contributed by atoms with Gasteiger partial charge in [-0.3, -0.25) is 24.3 Å². The van der Waals surface area contributed by atoms with E-state index in [9.17, 15) is 32.7 Å². The molecule has 13 heteroatoms. The second-order valence-electron chi connectivity index (χ2n) is 12.0. The van der Waals surface area contributed by atoms with E-state index in [2.05, 4.69) is 21.4 Å². The third kappa shape index (κ3) is 5.27. The second kappa shape index (κ2) is 11.5. The Morgan fingerprint density at radius 1 is 1.17 bits per heavy atom. The predicted molar refractivity (Wildman–Crippen MR) is 164 cm³/mol. The molecule has 0 bridgehead atoms. The van der Waals surface area contributed by atoms with E-state index >= 15 is 0 Å². The van der Waals surface area contributed by atoms with Gasteiger partial charge in [-0.25, -0.2) is 4.98 Å². The third-order valence-corrected chi connectivity index (χ3v) is 8.97. The van der Waals surface area contributed by atoms with E-state index in [-0.39, 0.29) is 43.5 Å². The fourth-order valence-electron chi connectivity index (χ4n) is 6.92. The zero-order valence-corrected chi connectivity index (χ0v) is 25.6. The summed E-state index contributed by atoms with van der Waals surface area (Å²) in [5, 5.41) is 9.98. The number of carbonyl (C=O) groups excluding carboxylic acids is 3. The fraction of sp³-hybridized carbons (Fsp3) is 0.364. The largest absolute Gasteiger partial charge is 0.416 e. The Kier molecular flexibility index (Phi) is 7.83. The molecule has 1 saturated heterocycles. The van der Waals surface area contributed by atoms with Gasteiger partial charge in [-0.05, 0) is 60.9 Å². The van der Waals surface area contributed by atoms with Gasteiger partial charge >= 0.3 is 6.18 Å². The number of para-hydroxylation sites is 1. The molecule has 0 unspecified atom stereocenters. The molecular weight excluding hydrogens is 601 g/mol. The first-order valence-corrected chi connectivity index (χ1v) is 14.8. The molecule has 3 atom stereocenters. The first kappa shape index (κ1) is 31.2. The van der Waals surface area contributed by atoms with Crippen LogP contribution in [0.3, 0.4) is 0 Å². The minimum atomic E-state index is -4.66. The molecule has 10 nitrogen and oxygen atoms in total. The second-order valence-corrected chi connectivity index (χ2v) is 12.0. The smallest absolute Gasteiger partial charge is 0.394 e. The molecule has 0 aliphatic carbocycles. The normalized spacial score (nSPS) is 21.2. The molecule has 0 saturated carbocycles. The molecule has 46 heavy (non-hydrogen) atoms. The number of nitrogens with zero attached hydrogens (tertiary/aromatic N) is 6. The van der Waals surface area contributed by atoms with Crippen molar-refractivity contribution < 1.29 is 32.7 Å². The first-order valence-electron chi connectivity index (χ1n) is 14.8. The number of hydrogen-bond donors (Lipinski definition) is 1. The van der Waals surface area contributed by atoms with Gasteiger partial charge in [-0.15, -0.1) is 0 Å². The van der Waals surface area contributed by atoms with Crippen molar-refractivity contribution >= 4 is 34.9 Å². The summed E-state index contributed by atoms with van der Waals surface area (Å²) < 4.78 is 41.2. The van der Waals surface area contributed by atoms with Crippen LogP contribution in [-0.4, -0.2) is 63.9 Å². The van der Waals surface area contributed by atoms with Gasteiger partial charge in [0.1, 0.15) is 11.9 Å². The predicted octanol–water partition coefficient (Wildman–Crippen LogP) is 4.08. The third-order valence-electron chi connectivity index (χ3n) is 8.97. The van der Waals surface area contributed by atoms with Gasteiger partial charge in [0.15, 0.2) is 0 Å². The number of aliphatic hydroxyl groups is 1. The van der Waals surface area contributed by atoms with Crippen LogP contribution in [0, 0.1) is 19.8 Å². The lowest BCUT2D eigenvalue weighted by atomic mass is 9.94. The number of anilines is 3. The topological polar surface area (TPSA) is 110 Å². The summed E-state index contributed by atoms with van der Waals surface area (Å²) in [6.45, 7) is 7.46. The van der Waals surface area contributed by atoms with Crippen molar-refractivity contribution in [1.29, 1.82) is 0 Å². The Hall–Kier alpha value is -4.78. The fourth-order valence-corrected chi connectivity index (χ4v) is 6.92. The Morgan fingerprint density at radius 2 is 1.93 bits per heavy atom. The molecular formula is C33H33F3N6O4. The lowest BCUT2D eigenvalue weighted by Crippen LogP contribution is -2.52. The van der Waals surface area contributed by atoms with Crippen molar-refractivity contribution in [3.63, 3.8) is 0 Å². The number of rotatable bonds is 5. The lowest BCUT2D eigenvalue weighted by molar-refractivity contribution is -0.137. The van der Waals surface area contributed by atoms with Crippen molar-refractivity contribution in [3.05, 3.63) is 88.9 Å². The van der Waals surface area contributed by atoms with Crippen LogP contribution >= 0.6 is 0 Å². The number of halogens is 3. The summed E-state index contributed by atoms with van der Waals surface area (Å²) >= 11 is 0. The molecule has 3 aromatic rings. The van der Waals surface area contributed by atoms with Crippen molar-refractivity contribution in [2.75, 3.05) is 34.9 Å². The molecule has 0 spiro atoms. The Morgan fingerprint density at radius 3 is 2.63 bits per heavy atom. The molecule has 1 fully saturated rings. The van der Waals surface area contributed by atoms with Crippen LogP contribution in [0.25, 0.3) is 0 Å². The molecule has 240 valence electrons. The summed E-state index contributed by atoms with van der Waals surface area (Å²) in [7, 11) is 1.60. The van der Waals surface area contributed by atoms with Gasteiger partial charge in [0.25, 0.3) is 0 Å². The van der Waals surface area contributed by atoms with Crippen LogP contribution < -0.4 is 14.7 Å². The molecule has 6 rings (SSSR count). The average molecular weight is 635 g/mol. The Labute approximate surface area is 263 Å². The molecule has 3 aliphatic rings. The van der Waals surface area contributed by atoms with Crippen molar-refractivity contribution in [2.24, 2.45) is 5.92 Å². The summed E-state index contributed by atoms with van der Waals surface area (Å²) in [5.74, 6) is -1.98. The minimum Gasteiger partial charge on any atom is -0.394 e. The van der Waals surface area contributed by atoms with Gasteiger partial charge in [-0.1, -0.05) is 18.7 Å². The van der Waals surface area contributed by atoms with E-state index in [1.165, 1.54) is 22.8 Å². The molecule has 1 N–H and O–H groups in total. The number of alkyl halides is 3. The highest BCUT2D eigenvalue weighted by Gasteiger charge is 2.49. The summed E-state index contributed by atoms with van der Waals surface area (Å²) in [6.07, 6.45) is -1.82. The van der Waals surface area contributed by atoms with Gasteiger partial charge in [0, 0.05) is 50.9 Å². The van der Waals surface area contributed by atoms with Gasteiger partial charge in [0.05, 0.1) is 35.3 Å². The number of pyridine rings is 2. The molecule has 3 aliphatic heterocycles. The maximum absolute atomic E-state index is 14.1. The number of aryl methyl sites for hydroxylation is 2. The van der Waals surface area contributed by atoms with Crippen LogP contribution in [0.2, 0.25) is 0 Å². The summed E-state index contributed by atoms with van der Waals surface area (Å²) in [5.41, 5.74) is 3.61. The standard InChI is InChI=1S/C33H33F3N6O4/c1-5-27(44)41-16-21-10-20(13-37-29(21)25(41)17-43)14-40-15-22-11-28(45)42(26-12-23(33(34,35)36)9-19(3)38-26)31(22)32(46)39(4)24-8-6-7-18(2)30(24)40/h5-10,12-13,22,25,31,43H,1,11,14-17H2,2-4H3/t22-,25+,31+/m1/s1. The number of carbonyl (C=O) groups is 3. The van der Waals surface area contributed by atoms with Crippen molar-refractivity contribution in [1.82, 2.24) is 14.9 Å². The van der Waals surface area contributed by atoms with Crippen LogP contribution in [0.1, 0.15) is 46.1 Å². The van der Waals surface area contributed by atoms with Crippen molar-refractivity contribution in [3.8, 4) is 0 Å². The van der Waals surface area contributed by atoms with Gasteiger partial charge < -0.3 is 19.8 Å². The summed E-state index contributed by atoms with van der Waals surface area (Å²) in [4.78, 5) is 55.1. The zero-order valence-electron chi connectivity index (χ0n) is 25.6. The Balaban J connectivity index is 1.40. The quantitative estimate of drug-likeness (QED) is 0.422. The minimum absolute atomic E-state index is 0.0574. The number of aromatic nitrogens is 2. The van der Waals surface area contributed by atoms with Gasteiger partial charge in [-0.2, -0.15) is 13.2 Å². The number of likely N-dealkylation sites (N-methyl/N-ethyl adjacent to an activating group) is 1. The molecule has 1 aromatic carbocycles. The number of aliphatic hydroxyl groups excluding tert-OH is 1. The van der Waals surface area contributed by atoms with Crippen LogP contribution in [0.15, 0.2) is 55.3 Å². The highest BCUT2D eigenvalue weighted by molar-refractivity contribution is 6.10. The van der Waals surface area contributed by atoms with E-state index in [0.29, 0.717) is 17.9 Å². The van der Waals surface area contributed by atoms with E-state index in [0.717, 1.165) is 39.4 Å². The molecule has 2 aromatic heterocycles. The maximum Gasteiger partial charge on any atom is 0.416 e. The maximum atomic E-state index is 14.1. The SMILES string of the molecule is C=CC(=O)N1Cc2cc(CN3C[C@H]4CC(=O)N(c5cc(C(F)(F)F)cc(C)n5)[C@@H]4C(=O)N(C)c4cccc(C)c43)cnc2[C@@H]1CO.